The number of rotatable bonds is 4. The SMILES string of the molecule is Nc1cccc2c1CCCN2CCOC1CCCCO1. The van der Waals surface area contributed by atoms with Gasteiger partial charge in [0, 0.05) is 31.1 Å². The van der Waals surface area contributed by atoms with Crippen molar-refractivity contribution < 1.29 is 9.47 Å². The van der Waals surface area contributed by atoms with Crippen molar-refractivity contribution in [1.82, 2.24) is 0 Å². The maximum atomic E-state index is 6.07. The highest BCUT2D eigenvalue weighted by Gasteiger charge is 2.19. The zero-order valence-corrected chi connectivity index (χ0v) is 12.0. The summed E-state index contributed by atoms with van der Waals surface area (Å²) in [6, 6.07) is 6.20. The smallest absolute Gasteiger partial charge is 0.157 e. The van der Waals surface area contributed by atoms with Gasteiger partial charge < -0.3 is 20.1 Å². The molecule has 0 spiro atoms. The van der Waals surface area contributed by atoms with E-state index in [1.54, 1.807) is 0 Å². The summed E-state index contributed by atoms with van der Waals surface area (Å²) in [5.74, 6) is 0. The molecule has 1 saturated heterocycles. The summed E-state index contributed by atoms with van der Waals surface area (Å²) < 4.78 is 11.4. The lowest BCUT2D eigenvalue weighted by Crippen LogP contribution is -2.34. The Kier molecular flexibility index (Phi) is 4.43. The Balaban J connectivity index is 1.55. The highest BCUT2D eigenvalue weighted by Crippen LogP contribution is 2.30. The van der Waals surface area contributed by atoms with Gasteiger partial charge in [-0.05, 0) is 49.8 Å². The molecule has 3 rings (SSSR count). The van der Waals surface area contributed by atoms with E-state index < -0.39 is 0 Å². The van der Waals surface area contributed by atoms with Crippen LogP contribution in [0.1, 0.15) is 31.2 Å². The van der Waals surface area contributed by atoms with Crippen LogP contribution in [0.2, 0.25) is 0 Å². The molecule has 2 aliphatic rings. The number of nitrogens with zero attached hydrogens (tertiary/aromatic N) is 1. The van der Waals surface area contributed by atoms with Crippen LogP contribution in [0.3, 0.4) is 0 Å². The average Bonchev–Trinajstić information content (AvgIpc) is 2.49. The van der Waals surface area contributed by atoms with Crippen LogP contribution in [0.15, 0.2) is 18.2 Å². The predicted octanol–water partition coefficient (Wildman–Crippen LogP) is 2.56. The van der Waals surface area contributed by atoms with E-state index in [1.165, 1.54) is 30.5 Å². The third-order valence-corrected chi connectivity index (χ3v) is 4.19. The first kappa shape index (κ1) is 13.7. The largest absolute Gasteiger partial charge is 0.398 e. The first-order valence-corrected chi connectivity index (χ1v) is 7.70. The molecular formula is C16H24N2O2. The molecule has 0 bridgehead atoms. The number of ether oxygens (including phenoxy) is 2. The summed E-state index contributed by atoms with van der Waals surface area (Å²) in [5, 5.41) is 0. The number of fused-ring (bicyclic) bond motifs is 1. The molecule has 0 aromatic heterocycles. The first-order chi connectivity index (χ1) is 9.84. The van der Waals surface area contributed by atoms with Crippen molar-refractivity contribution in [1.29, 1.82) is 0 Å². The molecule has 1 fully saturated rings. The Morgan fingerprint density at radius 1 is 1.30 bits per heavy atom. The maximum absolute atomic E-state index is 6.07. The number of nitrogen functional groups attached to an aromatic ring is 1. The minimum atomic E-state index is 0.00820. The third-order valence-electron chi connectivity index (χ3n) is 4.19. The van der Waals surface area contributed by atoms with Crippen molar-refractivity contribution in [2.45, 2.75) is 38.4 Å². The van der Waals surface area contributed by atoms with Crippen LogP contribution in [-0.2, 0) is 15.9 Å². The van der Waals surface area contributed by atoms with Crippen molar-refractivity contribution in [3.8, 4) is 0 Å². The lowest BCUT2D eigenvalue weighted by atomic mass is 10.00. The first-order valence-electron chi connectivity index (χ1n) is 7.70. The quantitative estimate of drug-likeness (QED) is 0.859. The van der Waals surface area contributed by atoms with Gasteiger partial charge >= 0.3 is 0 Å². The van der Waals surface area contributed by atoms with Gasteiger partial charge in [-0.3, -0.25) is 0 Å². The van der Waals surface area contributed by atoms with Crippen LogP contribution in [-0.4, -0.2) is 32.6 Å². The van der Waals surface area contributed by atoms with Crippen molar-refractivity contribution >= 4 is 11.4 Å². The van der Waals surface area contributed by atoms with E-state index in [4.69, 9.17) is 15.2 Å². The lowest BCUT2D eigenvalue weighted by Gasteiger charge is -2.32. The van der Waals surface area contributed by atoms with Crippen LogP contribution >= 0.6 is 0 Å². The van der Waals surface area contributed by atoms with Crippen LogP contribution in [0.5, 0.6) is 0 Å². The van der Waals surface area contributed by atoms with Crippen LogP contribution in [0.4, 0.5) is 11.4 Å². The van der Waals surface area contributed by atoms with Crippen LogP contribution in [0, 0.1) is 0 Å². The summed E-state index contributed by atoms with van der Waals surface area (Å²) in [6.45, 7) is 3.56. The standard InChI is InChI=1S/C16H24N2O2/c17-14-6-3-7-15-13(14)5-4-9-18(15)10-12-20-16-8-1-2-11-19-16/h3,6-7,16H,1-2,4-5,8-12,17H2. The van der Waals surface area contributed by atoms with Gasteiger partial charge in [-0.2, -0.15) is 0 Å². The predicted molar refractivity (Wildman–Crippen MR) is 80.9 cm³/mol. The molecular weight excluding hydrogens is 252 g/mol. The number of hydrogen-bond donors (Lipinski definition) is 1. The average molecular weight is 276 g/mol. The fraction of sp³-hybridized carbons (Fsp3) is 0.625. The molecule has 1 aromatic carbocycles. The van der Waals surface area contributed by atoms with Crippen molar-refractivity contribution in [2.24, 2.45) is 0 Å². The highest BCUT2D eigenvalue weighted by atomic mass is 16.7. The topological polar surface area (TPSA) is 47.7 Å². The molecule has 0 amide bonds. The minimum absolute atomic E-state index is 0.00820. The van der Waals surface area contributed by atoms with E-state index in [2.05, 4.69) is 11.0 Å². The van der Waals surface area contributed by atoms with E-state index in [0.717, 1.165) is 44.8 Å². The molecule has 2 N–H and O–H groups in total. The second-order valence-electron chi connectivity index (χ2n) is 5.60. The lowest BCUT2D eigenvalue weighted by molar-refractivity contribution is -0.160. The highest BCUT2D eigenvalue weighted by molar-refractivity contribution is 5.66. The molecule has 20 heavy (non-hydrogen) atoms. The van der Waals surface area contributed by atoms with Gasteiger partial charge in [-0.1, -0.05) is 6.07 Å². The molecule has 0 aliphatic carbocycles. The summed E-state index contributed by atoms with van der Waals surface area (Å²) in [7, 11) is 0. The summed E-state index contributed by atoms with van der Waals surface area (Å²) in [4.78, 5) is 2.39. The molecule has 1 aromatic rings. The van der Waals surface area contributed by atoms with Crippen molar-refractivity contribution in [2.75, 3.05) is 36.9 Å². The van der Waals surface area contributed by atoms with Gasteiger partial charge in [-0.15, -0.1) is 0 Å². The number of benzene rings is 1. The van der Waals surface area contributed by atoms with Gasteiger partial charge in [0.15, 0.2) is 6.29 Å². The van der Waals surface area contributed by atoms with Crippen molar-refractivity contribution in [3.05, 3.63) is 23.8 Å². The van der Waals surface area contributed by atoms with E-state index >= 15 is 0 Å². The zero-order valence-electron chi connectivity index (χ0n) is 12.0. The van der Waals surface area contributed by atoms with E-state index in [1.807, 2.05) is 12.1 Å². The summed E-state index contributed by atoms with van der Waals surface area (Å²) in [5.41, 5.74) is 9.57. The number of anilines is 2. The van der Waals surface area contributed by atoms with Gasteiger partial charge in [0.05, 0.1) is 6.61 Å². The molecule has 2 heterocycles. The Morgan fingerprint density at radius 3 is 3.10 bits per heavy atom. The molecule has 0 radical (unpaired) electrons. The van der Waals surface area contributed by atoms with Gasteiger partial charge in [0.1, 0.15) is 0 Å². The van der Waals surface area contributed by atoms with Crippen LogP contribution < -0.4 is 10.6 Å². The fourth-order valence-corrected chi connectivity index (χ4v) is 3.10. The molecule has 1 atom stereocenters. The molecule has 4 nitrogen and oxygen atoms in total. The van der Waals surface area contributed by atoms with Crippen LogP contribution in [0.25, 0.3) is 0 Å². The third kappa shape index (κ3) is 3.07. The van der Waals surface area contributed by atoms with E-state index in [0.29, 0.717) is 0 Å². The zero-order chi connectivity index (χ0) is 13.8. The molecule has 0 saturated carbocycles. The second kappa shape index (κ2) is 6.46. The number of hydrogen-bond acceptors (Lipinski definition) is 4. The summed E-state index contributed by atoms with van der Waals surface area (Å²) >= 11 is 0. The Labute approximate surface area is 120 Å². The fourth-order valence-electron chi connectivity index (χ4n) is 3.10. The van der Waals surface area contributed by atoms with E-state index in [-0.39, 0.29) is 6.29 Å². The molecule has 110 valence electrons. The monoisotopic (exact) mass is 276 g/mol. The van der Waals surface area contributed by atoms with Gasteiger partial charge in [-0.25, -0.2) is 0 Å². The Bertz CT molecular complexity index is 444. The number of nitrogens with two attached hydrogens (primary N) is 1. The minimum Gasteiger partial charge on any atom is -0.398 e. The van der Waals surface area contributed by atoms with Gasteiger partial charge in [0.25, 0.3) is 0 Å². The van der Waals surface area contributed by atoms with Crippen molar-refractivity contribution in [3.63, 3.8) is 0 Å². The maximum Gasteiger partial charge on any atom is 0.157 e. The molecule has 1 unspecified atom stereocenters. The van der Waals surface area contributed by atoms with Gasteiger partial charge in [0.2, 0.25) is 0 Å². The Morgan fingerprint density at radius 2 is 2.25 bits per heavy atom. The Hall–Kier alpha value is -1.26. The molecule has 2 aliphatic heterocycles. The molecule has 4 heteroatoms. The summed E-state index contributed by atoms with van der Waals surface area (Å²) in [6.07, 6.45) is 5.68. The second-order valence-corrected chi connectivity index (χ2v) is 5.60. The normalized spacial score (nSPS) is 22.6. The van der Waals surface area contributed by atoms with E-state index in [9.17, 15) is 0 Å².